The Balaban J connectivity index is 2.03. The highest BCUT2D eigenvalue weighted by Crippen LogP contribution is 2.29. The number of carbonyl (C=O) groups excluding carboxylic acids is 1. The van der Waals surface area contributed by atoms with E-state index in [9.17, 15) is 4.79 Å². The van der Waals surface area contributed by atoms with Crippen molar-refractivity contribution in [1.82, 2.24) is 9.38 Å². The van der Waals surface area contributed by atoms with E-state index >= 15 is 0 Å². The molecule has 0 aliphatic heterocycles. The van der Waals surface area contributed by atoms with Crippen LogP contribution < -0.4 is 5.73 Å². The smallest absolute Gasteiger partial charge is 0.248 e. The molecule has 3 aromatic rings. The number of amides is 1. The summed E-state index contributed by atoms with van der Waals surface area (Å²) in [5.41, 5.74) is 9.21. The number of hydrogen-bond donors (Lipinski definition) is 1. The van der Waals surface area contributed by atoms with Crippen molar-refractivity contribution in [3.05, 3.63) is 59.4 Å². The number of rotatable bonds is 4. The molecule has 0 unspecified atom stereocenters. The standard InChI is InChI=1S/C18H19N5O/c1-11(2)16-18(23-10-12(3)4-9-15(23)20-16)22-21-14-7-5-13(6-8-14)17(19)24/h4-11H,1-3H3,(H2,19,24). The maximum atomic E-state index is 11.1. The summed E-state index contributed by atoms with van der Waals surface area (Å²) in [4.78, 5) is 15.8. The van der Waals surface area contributed by atoms with E-state index in [1.165, 1.54) is 0 Å². The van der Waals surface area contributed by atoms with Crippen molar-refractivity contribution in [3.63, 3.8) is 0 Å². The van der Waals surface area contributed by atoms with Crippen LogP contribution in [0.5, 0.6) is 0 Å². The Kier molecular flexibility index (Phi) is 4.12. The number of imidazole rings is 1. The third-order valence-corrected chi connectivity index (χ3v) is 3.73. The van der Waals surface area contributed by atoms with Gasteiger partial charge in [-0.2, -0.15) is 0 Å². The molecular weight excluding hydrogens is 302 g/mol. The minimum atomic E-state index is -0.460. The Morgan fingerprint density at radius 2 is 1.83 bits per heavy atom. The molecule has 0 aliphatic rings. The van der Waals surface area contributed by atoms with Gasteiger partial charge in [0.2, 0.25) is 5.91 Å². The van der Waals surface area contributed by atoms with E-state index in [1.807, 2.05) is 29.7 Å². The summed E-state index contributed by atoms with van der Waals surface area (Å²) < 4.78 is 1.95. The van der Waals surface area contributed by atoms with Crippen LogP contribution in [0.3, 0.4) is 0 Å². The van der Waals surface area contributed by atoms with Crippen LogP contribution in [0, 0.1) is 6.92 Å². The fourth-order valence-corrected chi connectivity index (χ4v) is 2.44. The van der Waals surface area contributed by atoms with Gasteiger partial charge >= 0.3 is 0 Å². The Morgan fingerprint density at radius 3 is 2.46 bits per heavy atom. The topological polar surface area (TPSA) is 85.1 Å². The number of fused-ring (bicyclic) bond motifs is 1. The lowest BCUT2D eigenvalue weighted by Gasteiger charge is -2.02. The van der Waals surface area contributed by atoms with Crippen molar-refractivity contribution in [2.45, 2.75) is 26.7 Å². The number of azo groups is 1. The van der Waals surface area contributed by atoms with E-state index in [4.69, 9.17) is 5.73 Å². The van der Waals surface area contributed by atoms with Gasteiger partial charge in [-0.3, -0.25) is 9.20 Å². The lowest BCUT2D eigenvalue weighted by Crippen LogP contribution is -2.10. The number of nitrogens with two attached hydrogens (primary N) is 1. The minimum absolute atomic E-state index is 0.233. The predicted octanol–water partition coefficient (Wildman–Crippen LogP) is 4.28. The lowest BCUT2D eigenvalue weighted by molar-refractivity contribution is 0.100. The first-order valence-corrected chi connectivity index (χ1v) is 7.76. The number of benzene rings is 1. The first-order chi connectivity index (χ1) is 11.5. The van der Waals surface area contributed by atoms with E-state index in [-0.39, 0.29) is 5.92 Å². The second-order valence-electron chi connectivity index (χ2n) is 6.02. The van der Waals surface area contributed by atoms with Gasteiger partial charge in [-0.15, -0.1) is 10.2 Å². The zero-order valence-electron chi connectivity index (χ0n) is 13.9. The second kappa shape index (κ2) is 6.23. The Bertz CT molecular complexity index is 922. The molecular formula is C18H19N5O. The van der Waals surface area contributed by atoms with Gasteiger partial charge in [0, 0.05) is 11.8 Å². The van der Waals surface area contributed by atoms with E-state index in [2.05, 4.69) is 29.1 Å². The summed E-state index contributed by atoms with van der Waals surface area (Å²) in [6.45, 7) is 6.18. The molecule has 0 saturated carbocycles. The van der Waals surface area contributed by atoms with Crippen molar-refractivity contribution in [3.8, 4) is 0 Å². The molecule has 2 N–H and O–H groups in total. The molecule has 2 heterocycles. The summed E-state index contributed by atoms with van der Waals surface area (Å²) in [5, 5.41) is 8.69. The number of aromatic nitrogens is 2. The molecule has 122 valence electrons. The van der Waals surface area contributed by atoms with Gasteiger partial charge < -0.3 is 5.73 Å². The molecule has 1 aromatic carbocycles. The van der Waals surface area contributed by atoms with Crippen molar-refractivity contribution in [2.75, 3.05) is 0 Å². The van der Waals surface area contributed by atoms with Crippen LogP contribution in [0.15, 0.2) is 52.8 Å². The minimum Gasteiger partial charge on any atom is -0.366 e. The molecule has 0 fully saturated rings. The molecule has 0 saturated heterocycles. The van der Waals surface area contributed by atoms with Crippen LogP contribution in [0.4, 0.5) is 11.5 Å². The monoisotopic (exact) mass is 321 g/mol. The molecule has 0 spiro atoms. The highest BCUT2D eigenvalue weighted by molar-refractivity contribution is 5.92. The summed E-state index contributed by atoms with van der Waals surface area (Å²) in [6, 6.07) is 10.7. The molecule has 0 radical (unpaired) electrons. The van der Waals surface area contributed by atoms with Gasteiger partial charge in [0.1, 0.15) is 5.65 Å². The summed E-state index contributed by atoms with van der Waals surface area (Å²) >= 11 is 0. The molecule has 6 nitrogen and oxygen atoms in total. The number of hydrogen-bond acceptors (Lipinski definition) is 4. The van der Waals surface area contributed by atoms with E-state index in [0.29, 0.717) is 11.3 Å². The number of primary amides is 1. The van der Waals surface area contributed by atoms with Crippen LogP contribution in [0.1, 0.15) is 41.4 Å². The lowest BCUT2D eigenvalue weighted by atomic mass is 10.1. The van der Waals surface area contributed by atoms with E-state index in [1.54, 1.807) is 24.3 Å². The van der Waals surface area contributed by atoms with Crippen LogP contribution in [-0.4, -0.2) is 15.3 Å². The number of pyridine rings is 1. The largest absolute Gasteiger partial charge is 0.366 e. The van der Waals surface area contributed by atoms with Gasteiger partial charge in [0.15, 0.2) is 5.82 Å². The molecule has 1 amide bonds. The third kappa shape index (κ3) is 3.03. The summed E-state index contributed by atoms with van der Waals surface area (Å²) in [6.07, 6.45) is 2.00. The van der Waals surface area contributed by atoms with Crippen molar-refractivity contribution < 1.29 is 4.79 Å². The summed E-state index contributed by atoms with van der Waals surface area (Å²) in [5.74, 6) is 0.497. The zero-order chi connectivity index (χ0) is 17.3. The fourth-order valence-electron chi connectivity index (χ4n) is 2.44. The molecule has 3 rings (SSSR count). The third-order valence-electron chi connectivity index (χ3n) is 3.73. The number of nitrogens with zero attached hydrogens (tertiary/aromatic N) is 4. The van der Waals surface area contributed by atoms with Gasteiger partial charge in [-0.05, 0) is 48.7 Å². The Labute approximate surface area is 140 Å². The van der Waals surface area contributed by atoms with Crippen molar-refractivity contribution >= 4 is 23.1 Å². The van der Waals surface area contributed by atoms with Crippen LogP contribution >= 0.6 is 0 Å². The van der Waals surface area contributed by atoms with Crippen LogP contribution in [0.2, 0.25) is 0 Å². The molecule has 6 heteroatoms. The SMILES string of the molecule is Cc1ccc2nc(C(C)C)c(N=Nc3ccc(C(N)=O)cc3)n2c1. The predicted molar refractivity (Wildman–Crippen MR) is 93.2 cm³/mol. The van der Waals surface area contributed by atoms with Gasteiger partial charge in [-0.25, -0.2) is 4.98 Å². The van der Waals surface area contributed by atoms with Gasteiger partial charge in [-0.1, -0.05) is 19.9 Å². The normalized spacial score (nSPS) is 11.7. The molecule has 0 aliphatic carbocycles. The zero-order valence-corrected chi connectivity index (χ0v) is 13.9. The number of aryl methyl sites for hydroxylation is 1. The highest BCUT2D eigenvalue weighted by Gasteiger charge is 2.15. The van der Waals surface area contributed by atoms with Gasteiger partial charge in [0.25, 0.3) is 0 Å². The quantitative estimate of drug-likeness (QED) is 0.727. The van der Waals surface area contributed by atoms with Crippen LogP contribution in [0.25, 0.3) is 5.65 Å². The average Bonchev–Trinajstić information content (AvgIpc) is 2.91. The molecule has 24 heavy (non-hydrogen) atoms. The van der Waals surface area contributed by atoms with Crippen molar-refractivity contribution in [2.24, 2.45) is 16.0 Å². The Hall–Kier alpha value is -3.02. The van der Waals surface area contributed by atoms with Crippen molar-refractivity contribution in [1.29, 1.82) is 0 Å². The maximum absolute atomic E-state index is 11.1. The maximum Gasteiger partial charge on any atom is 0.248 e. The summed E-state index contributed by atoms with van der Waals surface area (Å²) in [7, 11) is 0. The first-order valence-electron chi connectivity index (χ1n) is 7.76. The Morgan fingerprint density at radius 1 is 1.12 bits per heavy atom. The average molecular weight is 321 g/mol. The number of carbonyl (C=O) groups is 1. The fraction of sp³-hybridized carbons (Fsp3) is 0.222. The second-order valence-corrected chi connectivity index (χ2v) is 6.02. The van der Waals surface area contributed by atoms with E-state index in [0.717, 1.165) is 22.7 Å². The molecule has 0 bridgehead atoms. The molecule has 0 atom stereocenters. The van der Waals surface area contributed by atoms with E-state index < -0.39 is 5.91 Å². The van der Waals surface area contributed by atoms with Crippen LogP contribution in [-0.2, 0) is 0 Å². The van der Waals surface area contributed by atoms with Gasteiger partial charge in [0.05, 0.1) is 11.4 Å². The highest BCUT2D eigenvalue weighted by atomic mass is 16.1. The first kappa shape index (κ1) is 15.9. The molecule has 2 aromatic heterocycles.